The van der Waals surface area contributed by atoms with E-state index in [0.29, 0.717) is 30.3 Å². The monoisotopic (exact) mass is 455 g/mol. The van der Waals surface area contributed by atoms with Crippen LogP contribution in [0.5, 0.6) is 17.2 Å². The first-order valence-corrected chi connectivity index (χ1v) is 12.0. The van der Waals surface area contributed by atoms with Crippen LogP contribution in [0.1, 0.15) is 25.3 Å². The summed E-state index contributed by atoms with van der Waals surface area (Å²) in [6.45, 7) is 3.14. The molecule has 0 aromatic heterocycles. The Balaban J connectivity index is 2.00. The van der Waals surface area contributed by atoms with E-state index >= 15 is 0 Å². The van der Waals surface area contributed by atoms with Gasteiger partial charge in [-0.2, -0.15) is 0 Å². The quantitative estimate of drug-likeness (QED) is 0.353. The number of hydrogen-bond acceptors (Lipinski definition) is 6. The highest BCUT2D eigenvalue weighted by Crippen LogP contribution is 2.37. The summed E-state index contributed by atoms with van der Waals surface area (Å²) >= 11 is 0. The van der Waals surface area contributed by atoms with E-state index < -0.39 is 10.0 Å². The average Bonchev–Trinajstić information content (AvgIpc) is 2.79. The summed E-state index contributed by atoms with van der Waals surface area (Å²) in [6, 6.07) is 20.0. The molecule has 32 heavy (non-hydrogen) atoms. The fourth-order valence-electron chi connectivity index (χ4n) is 3.20. The lowest BCUT2D eigenvalue weighted by Crippen LogP contribution is -2.16. The number of rotatable bonds is 11. The lowest BCUT2D eigenvalue weighted by molar-refractivity contribution is 0.416. The van der Waals surface area contributed by atoms with Crippen LogP contribution in [-0.2, 0) is 16.6 Å². The van der Waals surface area contributed by atoms with E-state index in [2.05, 4.69) is 17.6 Å². The first-order valence-electron chi connectivity index (χ1n) is 10.5. The standard InChI is InChI=1S/C24H29N3O4S/c1-3-4-14-26-21-15-18(17-27-20-12-8-9-13-22(20)30-2)16-23(32(25,28)29)24(21)31-19-10-6-5-7-11-19/h5-13,15-16,26-27H,3-4,14,17H2,1-2H3,(H2,25,28,29). The number of para-hydroxylation sites is 3. The number of nitrogens with one attached hydrogen (secondary N) is 2. The molecule has 0 atom stereocenters. The minimum atomic E-state index is -4.04. The Morgan fingerprint density at radius 1 is 0.938 bits per heavy atom. The molecule has 0 bridgehead atoms. The van der Waals surface area contributed by atoms with Gasteiger partial charge in [0.2, 0.25) is 10.0 Å². The Hall–Kier alpha value is -3.23. The van der Waals surface area contributed by atoms with Gasteiger partial charge < -0.3 is 20.1 Å². The van der Waals surface area contributed by atoms with Gasteiger partial charge in [0.05, 0.1) is 18.5 Å². The van der Waals surface area contributed by atoms with Crippen LogP contribution < -0.4 is 25.2 Å². The summed E-state index contributed by atoms with van der Waals surface area (Å²) in [4.78, 5) is -0.0697. The largest absolute Gasteiger partial charge is 0.495 e. The van der Waals surface area contributed by atoms with Crippen LogP contribution in [0, 0.1) is 0 Å². The fraction of sp³-hybridized carbons (Fsp3) is 0.250. The lowest BCUT2D eigenvalue weighted by Gasteiger charge is -2.19. The molecule has 0 saturated heterocycles. The summed E-state index contributed by atoms with van der Waals surface area (Å²) in [7, 11) is -2.44. The molecular formula is C24H29N3O4S. The molecule has 0 aliphatic carbocycles. The molecule has 4 N–H and O–H groups in total. The Morgan fingerprint density at radius 2 is 1.66 bits per heavy atom. The molecule has 8 heteroatoms. The topological polar surface area (TPSA) is 103 Å². The van der Waals surface area contributed by atoms with E-state index in [9.17, 15) is 8.42 Å². The molecule has 0 spiro atoms. The van der Waals surface area contributed by atoms with Gasteiger partial charge in [-0.05, 0) is 48.4 Å². The summed E-state index contributed by atoms with van der Waals surface area (Å²) in [5.74, 6) is 1.41. The molecule has 0 radical (unpaired) electrons. The van der Waals surface area contributed by atoms with Crippen molar-refractivity contribution in [1.29, 1.82) is 0 Å². The van der Waals surface area contributed by atoms with Crippen LogP contribution in [0.4, 0.5) is 11.4 Å². The van der Waals surface area contributed by atoms with Crippen molar-refractivity contribution in [2.45, 2.75) is 31.2 Å². The first kappa shape index (κ1) is 23.4. The third-order valence-corrected chi connectivity index (χ3v) is 5.74. The van der Waals surface area contributed by atoms with Gasteiger partial charge in [0, 0.05) is 13.1 Å². The van der Waals surface area contributed by atoms with Gasteiger partial charge in [-0.15, -0.1) is 0 Å². The molecule has 0 saturated carbocycles. The predicted octanol–water partition coefficient (Wildman–Crippen LogP) is 4.96. The van der Waals surface area contributed by atoms with Gasteiger partial charge in [-0.25, -0.2) is 13.6 Å². The first-order chi connectivity index (χ1) is 15.4. The van der Waals surface area contributed by atoms with Crippen LogP contribution in [0.15, 0.2) is 71.6 Å². The van der Waals surface area contributed by atoms with Crippen LogP contribution in [0.2, 0.25) is 0 Å². The van der Waals surface area contributed by atoms with Crippen LogP contribution >= 0.6 is 0 Å². The molecule has 0 aliphatic rings. The normalized spacial score (nSPS) is 11.1. The van der Waals surface area contributed by atoms with Crippen molar-refractivity contribution in [2.75, 3.05) is 24.3 Å². The van der Waals surface area contributed by atoms with Gasteiger partial charge in [0.25, 0.3) is 0 Å². The molecule has 0 unspecified atom stereocenters. The van der Waals surface area contributed by atoms with E-state index in [1.807, 2.05) is 48.5 Å². The number of sulfonamides is 1. The number of nitrogens with two attached hydrogens (primary N) is 1. The maximum Gasteiger partial charge on any atom is 0.241 e. The molecule has 7 nitrogen and oxygen atoms in total. The summed E-state index contributed by atoms with van der Waals surface area (Å²) in [5, 5.41) is 12.2. The molecule has 0 amide bonds. The van der Waals surface area contributed by atoms with Crippen LogP contribution in [0.25, 0.3) is 0 Å². The molecule has 3 aromatic rings. The van der Waals surface area contributed by atoms with E-state index in [4.69, 9.17) is 14.6 Å². The van der Waals surface area contributed by atoms with E-state index in [-0.39, 0.29) is 10.6 Å². The zero-order chi connectivity index (χ0) is 23.0. The maximum atomic E-state index is 12.5. The van der Waals surface area contributed by atoms with Crippen molar-refractivity contribution in [3.63, 3.8) is 0 Å². The van der Waals surface area contributed by atoms with Crippen LogP contribution in [-0.4, -0.2) is 22.1 Å². The van der Waals surface area contributed by atoms with Crippen molar-refractivity contribution < 1.29 is 17.9 Å². The second-order valence-corrected chi connectivity index (χ2v) is 8.79. The van der Waals surface area contributed by atoms with E-state index in [1.165, 1.54) is 0 Å². The molecule has 0 fully saturated rings. The average molecular weight is 456 g/mol. The third kappa shape index (κ3) is 6.15. The minimum Gasteiger partial charge on any atom is -0.495 e. The lowest BCUT2D eigenvalue weighted by atomic mass is 10.1. The van der Waals surface area contributed by atoms with E-state index in [0.717, 1.165) is 24.1 Å². The van der Waals surface area contributed by atoms with Gasteiger partial charge >= 0.3 is 0 Å². The Labute approximate surface area is 189 Å². The summed E-state index contributed by atoms with van der Waals surface area (Å²) in [6.07, 6.45) is 1.93. The summed E-state index contributed by atoms with van der Waals surface area (Å²) in [5.41, 5.74) is 2.11. The minimum absolute atomic E-state index is 0.0697. The number of methoxy groups -OCH3 is 1. The molecule has 170 valence electrons. The molecule has 3 aromatic carbocycles. The highest BCUT2D eigenvalue weighted by atomic mass is 32.2. The number of benzene rings is 3. The highest BCUT2D eigenvalue weighted by Gasteiger charge is 2.21. The number of primary sulfonamides is 1. The van der Waals surface area contributed by atoms with Gasteiger partial charge in [0.15, 0.2) is 5.75 Å². The van der Waals surface area contributed by atoms with Crippen molar-refractivity contribution in [1.82, 2.24) is 0 Å². The van der Waals surface area contributed by atoms with Crippen molar-refractivity contribution in [2.24, 2.45) is 5.14 Å². The zero-order valence-electron chi connectivity index (χ0n) is 18.3. The molecule has 0 heterocycles. The van der Waals surface area contributed by atoms with Crippen molar-refractivity contribution in [3.8, 4) is 17.2 Å². The summed E-state index contributed by atoms with van der Waals surface area (Å²) < 4.78 is 36.3. The number of ether oxygens (including phenoxy) is 2. The van der Waals surface area contributed by atoms with Crippen molar-refractivity contribution >= 4 is 21.4 Å². The van der Waals surface area contributed by atoms with E-state index in [1.54, 1.807) is 25.3 Å². The smallest absolute Gasteiger partial charge is 0.241 e. The Kier molecular flexibility index (Phi) is 7.97. The number of anilines is 2. The third-order valence-electron chi connectivity index (χ3n) is 4.82. The molecular weight excluding hydrogens is 426 g/mol. The van der Waals surface area contributed by atoms with Gasteiger partial charge in [-0.3, -0.25) is 0 Å². The zero-order valence-corrected chi connectivity index (χ0v) is 19.1. The highest BCUT2D eigenvalue weighted by molar-refractivity contribution is 7.89. The van der Waals surface area contributed by atoms with Crippen molar-refractivity contribution in [3.05, 3.63) is 72.3 Å². The molecule has 3 rings (SSSR count). The number of unbranched alkanes of at least 4 members (excludes halogenated alkanes) is 1. The SMILES string of the molecule is CCCCNc1cc(CNc2ccccc2OC)cc(S(N)(=O)=O)c1Oc1ccccc1. The fourth-order valence-corrected chi connectivity index (χ4v) is 3.93. The molecule has 0 aliphatic heterocycles. The van der Waals surface area contributed by atoms with Gasteiger partial charge in [0.1, 0.15) is 16.4 Å². The number of hydrogen-bond donors (Lipinski definition) is 3. The maximum absolute atomic E-state index is 12.5. The second-order valence-electron chi connectivity index (χ2n) is 7.26. The van der Waals surface area contributed by atoms with Gasteiger partial charge in [-0.1, -0.05) is 43.7 Å². The predicted molar refractivity (Wildman–Crippen MR) is 128 cm³/mol. The Morgan fingerprint density at radius 3 is 2.34 bits per heavy atom. The van der Waals surface area contributed by atoms with Crippen LogP contribution in [0.3, 0.4) is 0 Å². The second kappa shape index (κ2) is 10.9. The Bertz CT molecular complexity index is 1140.